The van der Waals surface area contributed by atoms with E-state index in [0.717, 1.165) is 4.31 Å². The molecule has 0 bridgehead atoms. The number of hydrogen-bond acceptors (Lipinski definition) is 4. The molecule has 2 aromatic rings. The van der Waals surface area contributed by atoms with Crippen LogP contribution in [0.5, 0.6) is 5.75 Å². The first-order chi connectivity index (χ1) is 9.51. The van der Waals surface area contributed by atoms with Gasteiger partial charge in [0.2, 0.25) is 10.0 Å². The minimum Gasteiger partial charge on any atom is -0.489 e. The van der Waals surface area contributed by atoms with Crippen LogP contribution in [0.15, 0.2) is 41.6 Å². The normalized spacial score (nSPS) is 11.8. The third-order valence-corrected chi connectivity index (χ3v) is 4.50. The first-order valence-corrected chi connectivity index (χ1v) is 7.28. The fourth-order valence-corrected chi connectivity index (χ4v) is 2.59. The van der Waals surface area contributed by atoms with E-state index in [1.54, 1.807) is 12.1 Å². The van der Waals surface area contributed by atoms with E-state index in [-0.39, 0.29) is 23.8 Å². The first-order valence-electron chi connectivity index (χ1n) is 5.84. The molecule has 108 valence electrons. The third kappa shape index (κ3) is 3.14. The first kappa shape index (κ1) is 14.5. The van der Waals surface area contributed by atoms with Crippen molar-refractivity contribution in [1.29, 1.82) is 0 Å². The summed E-state index contributed by atoms with van der Waals surface area (Å²) in [6, 6.07) is 5.96. The number of rotatable bonds is 6. The summed E-state index contributed by atoms with van der Waals surface area (Å²) in [4.78, 5) is 0.0749. The number of ether oxygens (including phenoxy) is 1. The van der Waals surface area contributed by atoms with Gasteiger partial charge in [0.05, 0.1) is 6.20 Å². The molecule has 1 aromatic carbocycles. The maximum atomic E-state index is 13.3. The molecule has 0 spiro atoms. The molecule has 0 atom stereocenters. The molecule has 1 N–H and O–H groups in total. The van der Waals surface area contributed by atoms with Crippen molar-refractivity contribution in [3.63, 3.8) is 0 Å². The van der Waals surface area contributed by atoms with E-state index in [2.05, 4.69) is 10.2 Å². The Bertz CT molecular complexity index is 658. The van der Waals surface area contributed by atoms with Gasteiger partial charge in [-0.05, 0) is 12.1 Å². The zero-order valence-electron chi connectivity index (χ0n) is 10.8. The fraction of sp³-hybridized carbons (Fsp3) is 0.250. The Balaban J connectivity index is 1.93. The molecule has 2 rings (SSSR count). The van der Waals surface area contributed by atoms with Gasteiger partial charge >= 0.3 is 0 Å². The molecule has 20 heavy (non-hydrogen) atoms. The number of likely N-dealkylation sites (N-methyl/N-ethyl adjacent to an activating group) is 1. The summed E-state index contributed by atoms with van der Waals surface area (Å²) in [5, 5.41) is 6.04. The van der Waals surface area contributed by atoms with Crippen molar-refractivity contribution >= 4 is 10.0 Å². The molecular formula is C12H14FN3O3S. The van der Waals surface area contributed by atoms with Crippen molar-refractivity contribution in [2.75, 3.05) is 20.2 Å². The van der Waals surface area contributed by atoms with E-state index in [1.807, 2.05) is 0 Å². The predicted molar refractivity (Wildman–Crippen MR) is 70.3 cm³/mol. The smallest absolute Gasteiger partial charge is 0.246 e. The predicted octanol–water partition coefficient (Wildman–Crippen LogP) is 1.25. The molecule has 8 heteroatoms. The zero-order valence-corrected chi connectivity index (χ0v) is 11.6. The lowest BCUT2D eigenvalue weighted by atomic mass is 10.3. The lowest BCUT2D eigenvalue weighted by Crippen LogP contribution is -2.30. The van der Waals surface area contributed by atoms with Crippen LogP contribution in [0.3, 0.4) is 0 Å². The molecule has 0 saturated heterocycles. The average Bonchev–Trinajstić information content (AvgIpc) is 2.95. The van der Waals surface area contributed by atoms with Crippen LogP contribution in [0.1, 0.15) is 0 Å². The summed E-state index contributed by atoms with van der Waals surface area (Å²) in [7, 11) is -2.17. The number of aromatic amines is 1. The van der Waals surface area contributed by atoms with Crippen LogP contribution in [-0.2, 0) is 10.0 Å². The minimum absolute atomic E-state index is 0.0501. The van der Waals surface area contributed by atoms with Gasteiger partial charge in [0.25, 0.3) is 0 Å². The maximum Gasteiger partial charge on any atom is 0.246 e. The second kappa shape index (κ2) is 6.02. The summed E-state index contributed by atoms with van der Waals surface area (Å²) in [5.74, 6) is -0.380. The summed E-state index contributed by atoms with van der Waals surface area (Å²) in [5.41, 5.74) is 0. The van der Waals surface area contributed by atoms with Crippen LogP contribution in [0.25, 0.3) is 0 Å². The molecule has 0 aliphatic carbocycles. The number of H-pyrrole nitrogens is 1. The van der Waals surface area contributed by atoms with E-state index in [4.69, 9.17) is 4.74 Å². The van der Waals surface area contributed by atoms with Crippen LogP contribution in [0.2, 0.25) is 0 Å². The highest BCUT2D eigenvalue weighted by molar-refractivity contribution is 7.89. The van der Waals surface area contributed by atoms with Gasteiger partial charge in [-0.2, -0.15) is 9.40 Å². The SMILES string of the molecule is CN(CCOc1ccccc1F)S(=O)(=O)c1cn[nH]c1. The number of nitrogens with one attached hydrogen (secondary N) is 1. The number of halogens is 1. The van der Waals surface area contributed by atoms with Crippen LogP contribution in [0, 0.1) is 5.82 Å². The summed E-state index contributed by atoms with van der Waals surface area (Å²) in [6.07, 6.45) is 2.52. The van der Waals surface area contributed by atoms with E-state index in [1.165, 1.54) is 31.6 Å². The number of para-hydroxylation sites is 1. The molecule has 0 aliphatic rings. The Morgan fingerprint density at radius 3 is 2.80 bits per heavy atom. The number of aromatic nitrogens is 2. The minimum atomic E-state index is -3.59. The Morgan fingerprint density at radius 1 is 1.40 bits per heavy atom. The van der Waals surface area contributed by atoms with Crippen molar-refractivity contribution < 1.29 is 17.5 Å². The molecule has 0 fully saturated rings. The van der Waals surface area contributed by atoms with Crippen LogP contribution >= 0.6 is 0 Å². The summed E-state index contributed by atoms with van der Waals surface area (Å²) < 4.78 is 43.7. The van der Waals surface area contributed by atoms with E-state index < -0.39 is 15.8 Å². The Morgan fingerprint density at radius 2 is 2.15 bits per heavy atom. The van der Waals surface area contributed by atoms with Gasteiger partial charge in [0, 0.05) is 19.8 Å². The standard InChI is InChI=1S/C12H14FN3O3S/c1-16(20(17,18)10-8-14-15-9-10)6-7-19-12-5-3-2-4-11(12)13/h2-5,8-9H,6-7H2,1H3,(H,14,15). The summed E-state index contributed by atoms with van der Waals surface area (Å²) in [6.45, 7) is 0.149. The van der Waals surface area contributed by atoms with Crippen molar-refractivity contribution in [2.45, 2.75) is 4.90 Å². The van der Waals surface area contributed by atoms with E-state index >= 15 is 0 Å². The number of benzene rings is 1. The Hall–Kier alpha value is -1.93. The van der Waals surface area contributed by atoms with Gasteiger partial charge in [0.15, 0.2) is 11.6 Å². The van der Waals surface area contributed by atoms with Crippen LogP contribution in [0.4, 0.5) is 4.39 Å². The second-order valence-corrected chi connectivity index (χ2v) is 6.08. The van der Waals surface area contributed by atoms with E-state index in [0.29, 0.717) is 0 Å². The third-order valence-electron chi connectivity index (χ3n) is 2.68. The van der Waals surface area contributed by atoms with Gasteiger partial charge in [0.1, 0.15) is 11.5 Å². The maximum absolute atomic E-state index is 13.3. The van der Waals surface area contributed by atoms with Gasteiger partial charge in [-0.15, -0.1) is 0 Å². The van der Waals surface area contributed by atoms with Crippen molar-refractivity contribution in [3.05, 3.63) is 42.5 Å². The Kier molecular flexibility index (Phi) is 4.35. The fourth-order valence-electron chi connectivity index (χ4n) is 1.53. The molecule has 0 radical (unpaired) electrons. The van der Waals surface area contributed by atoms with Gasteiger partial charge < -0.3 is 4.74 Å². The van der Waals surface area contributed by atoms with Crippen LogP contribution < -0.4 is 4.74 Å². The van der Waals surface area contributed by atoms with Crippen molar-refractivity contribution in [3.8, 4) is 5.75 Å². The largest absolute Gasteiger partial charge is 0.489 e. The molecule has 6 nitrogen and oxygen atoms in total. The topological polar surface area (TPSA) is 75.3 Å². The van der Waals surface area contributed by atoms with Crippen molar-refractivity contribution in [2.24, 2.45) is 0 Å². The number of sulfonamides is 1. The Labute approximate surface area is 116 Å². The molecule has 1 heterocycles. The quantitative estimate of drug-likeness (QED) is 0.871. The molecular weight excluding hydrogens is 285 g/mol. The monoisotopic (exact) mass is 299 g/mol. The average molecular weight is 299 g/mol. The zero-order chi connectivity index (χ0) is 14.6. The van der Waals surface area contributed by atoms with Gasteiger partial charge in [-0.25, -0.2) is 12.8 Å². The highest BCUT2D eigenvalue weighted by atomic mass is 32.2. The highest BCUT2D eigenvalue weighted by Crippen LogP contribution is 2.16. The summed E-state index contributed by atoms with van der Waals surface area (Å²) >= 11 is 0. The number of nitrogens with zero attached hydrogens (tertiary/aromatic N) is 2. The van der Waals surface area contributed by atoms with Gasteiger partial charge in [-0.1, -0.05) is 12.1 Å². The lowest BCUT2D eigenvalue weighted by molar-refractivity contribution is 0.275. The lowest BCUT2D eigenvalue weighted by Gasteiger charge is -2.16. The second-order valence-electron chi connectivity index (χ2n) is 4.04. The molecule has 0 unspecified atom stereocenters. The van der Waals surface area contributed by atoms with Gasteiger partial charge in [-0.3, -0.25) is 5.10 Å². The van der Waals surface area contributed by atoms with Crippen molar-refractivity contribution in [1.82, 2.24) is 14.5 Å². The molecule has 1 aromatic heterocycles. The molecule has 0 saturated carbocycles. The van der Waals surface area contributed by atoms with Crippen LogP contribution in [-0.4, -0.2) is 43.1 Å². The number of hydrogen-bond donors (Lipinski definition) is 1. The molecule has 0 aliphatic heterocycles. The molecule has 0 amide bonds. The highest BCUT2D eigenvalue weighted by Gasteiger charge is 2.21. The van der Waals surface area contributed by atoms with E-state index in [9.17, 15) is 12.8 Å².